The summed E-state index contributed by atoms with van der Waals surface area (Å²) >= 11 is 0. The van der Waals surface area contributed by atoms with Crippen LogP contribution in [0, 0.1) is 0 Å². The van der Waals surface area contributed by atoms with Gasteiger partial charge in [-0.25, -0.2) is 4.31 Å². The molecule has 0 aliphatic rings. The first-order valence-corrected chi connectivity index (χ1v) is 10.3. The first kappa shape index (κ1) is 21.5. The second kappa shape index (κ2) is 9.24. The maximum absolute atomic E-state index is 12.7. The molecule has 0 saturated heterocycles. The van der Waals surface area contributed by atoms with Crippen LogP contribution in [0.25, 0.3) is 0 Å². The highest BCUT2D eigenvalue weighted by Crippen LogP contribution is 2.19. The number of benzene rings is 1. The third-order valence-electron chi connectivity index (χ3n) is 4.40. The van der Waals surface area contributed by atoms with Gasteiger partial charge in [0.2, 0.25) is 0 Å². The summed E-state index contributed by atoms with van der Waals surface area (Å²) in [6, 6.07) is 7.75. The van der Waals surface area contributed by atoms with Crippen molar-refractivity contribution < 1.29 is 9.32 Å². The first-order valence-electron chi connectivity index (χ1n) is 8.20. The standard InChI is InChI=1S/C18H32N4O2S/c1-14(12-18(23)20-3)22(6)13-17(19-2)15-8-10-16(11-9-15)25(7,24)21(4)5/h8-12,18,20,23,25H,13H2,1-7H3/b14-12+,19-17+. The molecule has 0 spiro atoms. The average molecular weight is 369 g/mol. The van der Waals surface area contributed by atoms with Crippen molar-refractivity contribution in [1.29, 1.82) is 0 Å². The minimum Gasteiger partial charge on any atom is -0.375 e. The van der Waals surface area contributed by atoms with Crippen LogP contribution >= 0.6 is 0 Å². The molecule has 0 fully saturated rings. The summed E-state index contributed by atoms with van der Waals surface area (Å²) in [7, 11) is 6.59. The third kappa shape index (κ3) is 5.74. The lowest BCUT2D eigenvalue weighted by Gasteiger charge is -2.27. The van der Waals surface area contributed by atoms with Gasteiger partial charge in [-0.1, -0.05) is 12.1 Å². The Balaban J connectivity index is 2.95. The van der Waals surface area contributed by atoms with Gasteiger partial charge in [-0.2, -0.15) is 0 Å². The van der Waals surface area contributed by atoms with E-state index in [-0.39, 0.29) is 0 Å². The molecule has 0 amide bonds. The Morgan fingerprint density at radius 2 is 1.88 bits per heavy atom. The number of hydrogen-bond donors (Lipinski definition) is 3. The number of likely N-dealkylation sites (N-methyl/N-ethyl adjacent to an activating group) is 2. The maximum atomic E-state index is 12.7. The number of hydrogen-bond acceptors (Lipinski definition) is 5. The zero-order valence-corrected chi connectivity index (χ0v) is 17.2. The molecule has 1 rings (SSSR count). The van der Waals surface area contributed by atoms with Crippen molar-refractivity contribution in [3.05, 3.63) is 41.6 Å². The fraction of sp³-hybridized carbons (Fsp3) is 0.500. The largest absolute Gasteiger partial charge is 0.375 e. The van der Waals surface area contributed by atoms with E-state index in [1.54, 1.807) is 30.7 Å². The summed E-state index contributed by atoms with van der Waals surface area (Å²) in [6.07, 6.45) is 2.85. The number of allylic oxidation sites excluding steroid dienone is 1. The van der Waals surface area contributed by atoms with Crippen molar-refractivity contribution >= 4 is 15.8 Å². The number of aliphatic imine (C=N–C) groups is 1. The van der Waals surface area contributed by atoms with Gasteiger partial charge in [0.15, 0.2) is 0 Å². The van der Waals surface area contributed by atoms with Crippen LogP contribution < -0.4 is 5.32 Å². The van der Waals surface area contributed by atoms with Gasteiger partial charge in [0.1, 0.15) is 6.23 Å². The van der Waals surface area contributed by atoms with Gasteiger partial charge in [0.05, 0.1) is 12.3 Å². The summed E-state index contributed by atoms with van der Waals surface area (Å²) in [4.78, 5) is 7.26. The Morgan fingerprint density at radius 3 is 2.32 bits per heavy atom. The number of nitrogens with zero attached hydrogens (tertiary/aromatic N) is 3. The molecule has 142 valence electrons. The summed E-state index contributed by atoms with van der Waals surface area (Å²) in [5.74, 6) is 0. The number of thiol groups is 1. The van der Waals surface area contributed by atoms with E-state index in [4.69, 9.17) is 0 Å². The minimum absolute atomic E-state index is 0.617. The summed E-state index contributed by atoms with van der Waals surface area (Å²) in [5, 5.41) is 12.4. The van der Waals surface area contributed by atoms with Crippen LogP contribution in [-0.2, 0) is 10.1 Å². The van der Waals surface area contributed by atoms with Crippen molar-refractivity contribution in [2.75, 3.05) is 48.0 Å². The Labute approximate surface area is 152 Å². The molecule has 0 heterocycles. The summed E-state index contributed by atoms with van der Waals surface area (Å²) < 4.78 is 14.5. The van der Waals surface area contributed by atoms with Crippen LogP contribution in [0.2, 0.25) is 0 Å². The van der Waals surface area contributed by atoms with E-state index >= 15 is 0 Å². The van der Waals surface area contributed by atoms with Crippen LogP contribution in [0.4, 0.5) is 0 Å². The van der Waals surface area contributed by atoms with E-state index in [0.29, 0.717) is 6.54 Å². The van der Waals surface area contributed by atoms with E-state index in [1.807, 2.05) is 57.2 Å². The molecule has 6 nitrogen and oxygen atoms in total. The molecule has 1 atom stereocenters. The molecule has 25 heavy (non-hydrogen) atoms. The molecule has 0 aliphatic carbocycles. The molecule has 1 unspecified atom stereocenters. The zero-order valence-electron chi connectivity index (χ0n) is 16.3. The van der Waals surface area contributed by atoms with Gasteiger partial charge in [-0.15, -0.1) is 0 Å². The minimum atomic E-state index is -2.50. The van der Waals surface area contributed by atoms with Crippen molar-refractivity contribution in [2.45, 2.75) is 18.0 Å². The highest BCUT2D eigenvalue weighted by molar-refractivity contribution is 8.00. The summed E-state index contributed by atoms with van der Waals surface area (Å²) in [6.45, 7) is 2.56. The monoisotopic (exact) mass is 368 g/mol. The van der Waals surface area contributed by atoms with Crippen molar-refractivity contribution in [3.8, 4) is 0 Å². The smallest absolute Gasteiger partial charge is 0.125 e. The Kier molecular flexibility index (Phi) is 7.95. The molecule has 0 radical (unpaired) electrons. The van der Waals surface area contributed by atoms with Gasteiger partial charge in [-0.05, 0) is 62.0 Å². The van der Waals surface area contributed by atoms with E-state index in [1.165, 1.54) is 0 Å². The van der Waals surface area contributed by atoms with Gasteiger partial charge in [0, 0.05) is 30.9 Å². The topological polar surface area (TPSA) is 68.2 Å². The average Bonchev–Trinajstić information content (AvgIpc) is 2.59. The van der Waals surface area contributed by atoms with Gasteiger partial charge in [0.25, 0.3) is 0 Å². The van der Waals surface area contributed by atoms with Crippen LogP contribution in [0.5, 0.6) is 0 Å². The second-order valence-corrected chi connectivity index (χ2v) is 9.42. The fourth-order valence-corrected chi connectivity index (χ4v) is 3.40. The number of nitrogens with one attached hydrogen (secondary N) is 1. The predicted molar refractivity (Wildman–Crippen MR) is 108 cm³/mol. The molecular formula is C18H32N4O2S. The molecule has 0 aliphatic heterocycles. The summed E-state index contributed by atoms with van der Waals surface area (Å²) in [5.41, 5.74) is 2.88. The van der Waals surface area contributed by atoms with Crippen LogP contribution in [0.3, 0.4) is 0 Å². The number of aliphatic hydroxyl groups is 1. The van der Waals surface area contributed by atoms with Crippen LogP contribution in [-0.4, -0.2) is 78.5 Å². The maximum Gasteiger partial charge on any atom is 0.125 e. The third-order valence-corrected chi connectivity index (χ3v) is 7.18. The van der Waals surface area contributed by atoms with Crippen LogP contribution in [0.1, 0.15) is 12.5 Å². The Morgan fingerprint density at radius 1 is 1.32 bits per heavy atom. The molecular weight excluding hydrogens is 336 g/mol. The lowest BCUT2D eigenvalue weighted by molar-refractivity contribution is 0.192. The molecule has 1 aromatic rings. The van der Waals surface area contributed by atoms with E-state index in [0.717, 1.165) is 21.9 Å². The van der Waals surface area contributed by atoms with E-state index < -0.39 is 16.3 Å². The van der Waals surface area contributed by atoms with E-state index in [2.05, 4.69) is 10.3 Å². The number of rotatable bonds is 8. The first-order chi connectivity index (χ1) is 11.6. The number of aliphatic hydroxyl groups excluding tert-OH is 1. The van der Waals surface area contributed by atoms with Gasteiger partial charge < -0.3 is 10.0 Å². The SMILES string of the molecule is C/N=C(\CN(C)/C(C)=C/C(O)NC)c1ccc([SH](C)(=O)N(C)C)cc1. The molecule has 2 N–H and O–H groups in total. The fourth-order valence-electron chi connectivity index (χ4n) is 2.24. The highest BCUT2D eigenvalue weighted by Gasteiger charge is 2.15. The molecule has 0 bridgehead atoms. The quantitative estimate of drug-likeness (QED) is 0.363. The lowest BCUT2D eigenvalue weighted by Crippen LogP contribution is -2.29. The van der Waals surface area contributed by atoms with Crippen LogP contribution in [0.15, 0.2) is 45.9 Å². The molecule has 7 heteroatoms. The molecule has 0 saturated carbocycles. The highest BCUT2D eigenvalue weighted by atomic mass is 32.3. The molecule has 1 aromatic carbocycles. The van der Waals surface area contributed by atoms with Crippen molar-refractivity contribution in [3.63, 3.8) is 0 Å². The van der Waals surface area contributed by atoms with Gasteiger partial charge >= 0.3 is 0 Å². The lowest BCUT2D eigenvalue weighted by atomic mass is 10.1. The normalized spacial score (nSPS) is 15.4. The van der Waals surface area contributed by atoms with Crippen molar-refractivity contribution in [2.24, 2.45) is 4.99 Å². The Hall–Kier alpha value is -1.54. The predicted octanol–water partition coefficient (Wildman–Crippen LogP) is 0.961. The van der Waals surface area contributed by atoms with Gasteiger partial charge in [-0.3, -0.25) is 14.5 Å². The zero-order chi connectivity index (χ0) is 19.2. The van der Waals surface area contributed by atoms with E-state index in [9.17, 15) is 9.32 Å². The van der Waals surface area contributed by atoms with Crippen molar-refractivity contribution in [1.82, 2.24) is 14.5 Å². The molecule has 0 aromatic heterocycles. The Bertz CT molecular complexity index is 668. The second-order valence-electron chi connectivity index (χ2n) is 6.34.